The Morgan fingerprint density at radius 3 is 2.44 bits per heavy atom. The minimum Gasteiger partial charge on any atom is -0.479 e. The molecule has 0 aromatic carbocycles. The number of ether oxygens (including phenoxy) is 1. The van der Waals surface area contributed by atoms with Crippen LogP contribution in [0.2, 0.25) is 0 Å². The normalized spacial score (nSPS) is 30.9. The van der Waals surface area contributed by atoms with Crippen LogP contribution < -0.4 is 16.8 Å². The molecule has 2 saturated carbocycles. The molecule has 8 heteroatoms. The van der Waals surface area contributed by atoms with Crippen molar-refractivity contribution >= 4 is 17.8 Å². The molecule has 142 valence electrons. The van der Waals surface area contributed by atoms with E-state index < -0.39 is 12.1 Å². The molecule has 3 atom stereocenters. The molecule has 2 aliphatic carbocycles. The highest BCUT2D eigenvalue weighted by molar-refractivity contribution is 5.79. The maximum absolute atomic E-state index is 12.5. The molecule has 2 fully saturated rings. The van der Waals surface area contributed by atoms with Crippen molar-refractivity contribution in [3.05, 3.63) is 0 Å². The Morgan fingerprint density at radius 1 is 1.16 bits per heavy atom. The van der Waals surface area contributed by atoms with Crippen molar-refractivity contribution in [1.29, 1.82) is 0 Å². The van der Waals surface area contributed by atoms with Gasteiger partial charge in [0.05, 0.1) is 12.1 Å². The highest BCUT2D eigenvalue weighted by atomic mass is 16.5. The van der Waals surface area contributed by atoms with Crippen molar-refractivity contribution in [3.8, 4) is 0 Å². The summed E-state index contributed by atoms with van der Waals surface area (Å²) in [6.07, 6.45) is 5.77. The quantitative estimate of drug-likeness (QED) is 0.409. The molecule has 0 spiro atoms. The first-order valence-corrected chi connectivity index (χ1v) is 9.12. The zero-order chi connectivity index (χ0) is 18.4. The summed E-state index contributed by atoms with van der Waals surface area (Å²) in [6, 6.07) is 0.173. The third kappa shape index (κ3) is 6.19. The van der Waals surface area contributed by atoms with Crippen molar-refractivity contribution < 1.29 is 19.4 Å². The van der Waals surface area contributed by atoms with Crippen LogP contribution in [0.4, 0.5) is 0 Å². The molecule has 2 aliphatic rings. The highest BCUT2D eigenvalue weighted by Crippen LogP contribution is 2.28. The molecule has 3 unspecified atom stereocenters. The van der Waals surface area contributed by atoms with Crippen LogP contribution in [0.3, 0.4) is 0 Å². The van der Waals surface area contributed by atoms with E-state index in [4.69, 9.17) is 21.3 Å². The first-order chi connectivity index (χ1) is 11.8. The summed E-state index contributed by atoms with van der Waals surface area (Å²) in [4.78, 5) is 27.6. The Kier molecular flexibility index (Phi) is 7.04. The van der Waals surface area contributed by atoms with Gasteiger partial charge in [-0.3, -0.25) is 9.79 Å². The monoisotopic (exact) mass is 354 g/mol. The lowest BCUT2D eigenvalue weighted by Gasteiger charge is -2.32. The van der Waals surface area contributed by atoms with E-state index in [1.807, 2.05) is 0 Å². The number of guanidine groups is 1. The molecule has 2 rings (SSSR count). The Bertz CT molecular complexity index is 499. The van der Waals surface area contributed by atoms with Crippen LogP contribution in [-0.2, 0) is 14.3 Å². The summed E-state index contributed by atoms with van der Waals surface area (Å²) < 4.78 is 5.52. The number of amides is 1. The Morgan fingerprint density at radius 2 is 1.84 bits per heavy atom. The van der Waals surface area contributed by atoms with E-state index in [1.165, 1.54) is 0 Å². The molecule has 0 aromatic heterocycles. The minimum atomic E-state index is -0.942. The second-order valence-electron chi connectivity index (χ2n) is 7.17. The first kappa shape index (κ1) is 19.5. The van der Waals surface area contributed by atoms with Crippen LogP contribution in [0.15, 0.2) is 4.99 Å². The van der Waals surface area contributed by atoms with Crippen molar-refractivity contribution in [2.24, 2.45) is 22.4 Å². The number of carboxylic acid groups (broad SMARTS) is 1. The van der Waals surface area contributed by atoms with Gasteiger partial charge in [0.25, 0.3) is 0 Å². The molecule has 0 aliphatic heterocycles. The van der Waals surface area contributed by atoms with Gasteiger partial charge < -0.3 is 26.6 Å². The first-order valence-electron chi connectivity index (χ1n) is 9.12. The third-order valence-corrected chi connectivity index (χ3v) is 5.11. The van der Waals surface area contributed by atoms with Crippen molar-refractivity contribution in [1.82, 2.24) is 5.32 Å². The standard InChI is InChI=1S/C17H30N4O4/c1-10(16(23)24)25-14-7-5-12(6-8-14)20-15(22)11-3-2-4-13(9-11)21-17(18)19/h10-14H,2-9H2,1H3,(H,20,22)(H,23,24)(H4,18,19,21). The number of rotatable bonds is 6. The summed E-state index contributed by atoms with van der Waals surface area (Å²) >= 11 is 0. The van der Waals surface area contributed by atoms with E-state index in [0.29, 0.717) is 6.42 Å². The van der Waals surface area contributed by atoms with Crippen LogP contribution >= 0.6 is 0 Å². The zero-order valence-electron chi connectivity index (χ0n) is 14.8. The molecule has 0 saturated heterocycles. The zero-order valence-corrected chi connectivity index (χ0v) is 14.8. The average molecular weight is 354 g/mol. The maximum Gasteiger partial charge on any atom is 0.332 e. The van der Waals surface area contributed by atoms with Crippen LogP contribution in [0.1, 0.15) is 58.3 Å². The van der Waals surface area contributed by atoms with Crippen molar-refractivity contribution in [2.75, 3.05) is 0 Å². The molecule has 25 heavy (non-hydrogen) atoms. The van der Waals surface area contributed by atoms with Gasteiger partial charge in [0.1, 0.15) is 0 Å². The number of nitrogens with two attached hydrogens (primary N) is 2. The fourth-order valence-electron chi connectivity index (χ4n) is 3.74. The molecule has 0 radical (unpaired) electrons. The number of aliphatic carboxylic acids is 1. The second-order valence-corrected chi connectivity index (χ2v) is 7.17. The average Bonchev–Trinajstić information content (AvgIpc) is 2.56. The van der Waals surface area contributed by atoms with E-state index in [9.17, 15) is 9.59 Å². The largest absolute Gasteiger partial charge is 0.479 e. The maximum atomic E-state index is 12.5. The molecular weight excluding hydrogens is 324 g/mol. The lowest BCUT2D eigenvalue weighted by Crippen LogP contribution is -2.44. The van der Waals surface area contributed by atoms with Crippen LogP contribution in [0, 0.1) is 5.92 Å². The number of nitrogens with zero attached hydrogens (tertiary/aromatic N) is 1. The fourth-order valence-corrected chi connectivity index (χ4v) is 3.74. The summed E-state index contributed by atoms with van der Waals surface area (Å²) in [7, 11) is 0. The SMILES string of the molecule is CC(OC1CCC(NC(=O)C2CCCC(N=C(N)N)C2)CC1)C(=O)O. The van der Waals surface area contributed by atoms with E-state index in [2.05, 4.69) is 10.3 Å². The highest BCUT2D eigenvalue weighted by Gasteiger charge is 2.30. The number of hydrogen-bond acceptors (Lipinski definition) is 4. The van der Waals surface area contributed by atoms with E-state index in [1.54, 1.807) is 6.92 Å². The molecule has 8 nitrogen and oxygen atoms in total. The van der Waals surface area contributed by atoms with Crippen LogP contribution in [0.25, 0.3) is 0 Å². The van der Waals surface area contributed by atoms with Gasteiger partial charge in [-0.15, -0.1) is 0 Å². The van der Waals surface area contributed by atoms with Gasteiger partial charge >= 0.3 is 5.97 Å². The molecule has 0 bridgehead atoms. The van der Waals surface area contributed by atoms with Gasteiger partial charge in [0, 0.05) is 12.0 Å². The van der Waals surface area contributed by atoms with Crippen molar-refractivity contribution in [2.45, 2.75) is 82.6 Å². The number of hydrogen-bond donors (Lipinski definition) is 4. The topological polar surface area (TPSA) is 140 Å². The lowest BCUT2D eigenvalue weighted by molar-refractivity contribution is -0.154. The van der Waals surface area contributed by atoms with Gasteiger partial charge in [-0.05, 0) is 51.9 Å². The van der Waals surface area contributed by atoms with E-state index >= 15 is 0 Å². The van der Waals surface area contributed by atoms with Gasteiger partial charge in [0.15, 0.2) is 12.1 Å². The second kappa shape index (κ2) is 9.03. The van der Waals surface area contributed by atoms with Gasteiger partial charge in [-0.1, -0.05) is 6.42 Å². The van der Waals surface area contributed by atoms with E-state index in [-0.39, 0.29) is 36.0 Å². The molecule has 6 N–H and O–H groups in total. The fraction of sp³-hybridized carbons (Fsp3) is 0.824. The number of carbonyl (C=O) groups is 2. The predicted molar refractivity (Wildman–Crippen MR) is 93.9 cm³/mol. The summed E-state index contributed by atoms with van der Waals surface area (Å²) in [5.74, 6) is -0.815. The number of carboxylic acids is 1. The molecular formula is C17H30N4O4. The number of nitrogens with one attached hydrogen (secondary N) is 1. The summed E-state index contributed by atoms with van der Waals surface area (Å²) in [5, 5.41) is 12.0. The third-order valence-electron chi connectivity index (χ3n) is 5.11. The summed E-state index contributed by atoms with van der Waals surface area (Å²) in [5.41, 5.74) is 10.9. The Hall–Kier alpha value is -1.83. The van der Waals surface area contributed by atoms with Gasteiger partial charge in [-0.25, -0.2) is 4.79 Å². The summed E-state index contributed by atoms with van der Waals surface area (Å²) in [6.45, 7) is 1.55. The predicted octanol–water partition coefficient (Wildman–Crippen LogP) is 0.736. The molecule has 0 aromatic rings. The Balaban J connectivity index is 1.75. The minimum absolute atomic E-state index is 0.0381. The van der Waals surface area contributed by atoms with Gasteiger partial charge in [0.2, 0.25) is 5.91 Å². The van der Waals surface area contributed by atoms with Gasteiger partial charge in [-0.2, -0.15) is 0 Å². The molecule has 0 heterocycles. The Labute approximate surface area is 148 Å². The van der Waals surface area contributed by atoms with E-state index in [0.717, 1.165) is 44.9 Å². The van der Waals surface area contributed by atoms with Crippen molar-refractivity contribution in [3.63, 3.8) is 0 Å². The lowest BCUT2D eigenvalue weighted by atomic mass is 9.84. The van der Waals surface area contributed by atoms with Crippen LogP contribution in [-0.4, -0.2) is 47.2 Å². The molecule has 1 amide bonds. The van der Waals surface area contributed by atoms with Crippen LogP contribution in [0.5, 0.6) is 0 Å². The smallest absolute Gasteiger partial charge is 0.332 e. The number of aliphatic imine (C=N–C) groups is 1. The number of carbonyl (C=O) groups excluding carboxylic acids is 1.